The number of ether oxygens (including phenoxy) is 1. The summed E-state index contributed by atoms with van der Waals surface area (Å²) < 4.78 is 6.02. The molecule has 2 heterocycles. The fraction of sp³-hybridized carbons (Fsp3) is 0.333. The van der Waals surface area contributed by atoms with E-state index in [0.29, 0.717) is 24.2 Å². The van der Waals surface area contributed by atoms with Crippen molar-refractivity contribution >= 4 is 17.6 Å². The number of pyridine rings is 1. The molecule has 0 radical (unpaired) electrons. The number of nitriles is 1. The van der Waals surface area contributed by atoms with Gasteiger partial charge in [0.1, 0.15) is 11.1 Å². The van der Waals surface area contributed by atoms with Crippen LogP contribution in [0, 0.1) is 16.7 Å². The van der Waals surface area contributed by atoms with E-state index in [9.17, 15) is 9.59 Å². The summed E-state index contributed by atoms with van der Waals surface area (Å²) in [6, 6.07) is 5.27. The van der Waals surface area contributed by atoms with E-state index in [0.717, 1.165) is 0 Å². The van der Waals surface area contributed by atoms with E-state index in [2.05, 4.69) is 20.6 Å². The van der Waals surface area contributed by atoms with Gasteiger partial charge in [0, 0.05) is 7.05 Å². The first-order chi connectivity index (χ1) is 11.5. The number of aromatic nitrogens is 4. The molecule has 1 fully saturated rings. The van der Waals surface area contributed by atoms with E-state index >= 15 is 0 Å². The number of carbonyl (C=O) groups excluding carboxylic acids is 2. The predicted octanol–water partition coefficient (Wildman–Crippen LogP) is 0.906. The predicted molar refractivity (Wildman–Crippen MR) is 81.5 cm³/mol. The summed E-state index contributed by atoms with van der Waals surface area (Å²) in [5.74, 6) is -0.893. The van der Waals surface area contributed by atoms with Crippen molar-refractivity contribution in [3.63, 3.8) is 0 Å². The topological polar surface area (TPSA) is 123 Å². The molecule has 1 amide bonds. The molecule has 0 spiro atoms. The van der Waals surface area contributed by atoms with Crippen LogP contribution in [-0.4, -0.2) is 39.0 Å². The standard InChI is InChI=1S/C15H14N6O3/c1-21-12(13(22)24-2)11(19-20-21)10-4-3-9(7-17-10)18-14(23)15(8-16)5-6-15/h3-4,7H,5-6H2,1-2H3,(H,18,23). The second-order valence-electron chi connectivity index (χ2n) is 5.48. The van der Waals surface area contributed by atoms with Crippen LogP contribution >= 0.6 is 0 Å². The van der Waals surface area contributed by atoms with Crippen LogP contribution in [0.3, 0.4) is 0 Å². The van der Waals surface area contributed by atoms with Gasteiger partial charge in [0.2, 0.25) is 5.91 Å². The van der Waals surface area contributed by atoms with Crippen LogP contribution < -0.4 is 5.32 Å². The Morgan fingerprint density at radius 1 is 1.42 bits per heavy atom. The number of aryl methyl sites for hydroxylation is 1. The lowest BCUT2D eigenvalue weighted by molar-refractivity contribution is -0.119. The average Bonchev–Trinajstić information content (AvgIpc) is 3.31. The lowest BCUT2D eigenvalue weighted by Gasteiger charge is -2.08. The van der Waals surface area contributed by atoms with Crippen LogP contribution in [0.15, 0.2) is 18.3 Å². The molecule has 0 aliphatic heterocycles. The second kappa shape index (κ2) is 5.73. The molecular formula is C15H14N6O3. The third-order valence-electron chi connectivity index (χ3n) is 3.87. The molecule has 9 heteroatoms. The number of methoxy groups -OCH3 is 1. The number of hydrogen-bond acceptors (Lipinski definition) is 7. The number of hydrogen-bond donors (Lipinski definition) is 1. The zero-order chi connectivity index (χ0) is 17.3. The molecule has 2 aromatic heterocycles. The van der Waals surface area contributed by atoms with Gasteiger partial charge >= 0.3 is 5.97 Å². The highest BCUT2D eigenvalue weighted by Gasteiger charge is 2.50. The van der Waals surface area contributed by atoms with Crippen molar-refractivity contribution in [3.05, 3.63) is 24.0 Å². The van der Waals surface area contributed by atoms with Crippen molar-refractivity contribution in [2.24, 2.45) is 12.5 Å². The van der Waals surface area contributed by atoms with Crippen molar-refractivity contribution in [1.29, 1.82) is 5.26 Å². The molecule has 0 atom stereocenters. The summed E-state index contributed by atoms with van der Waals surface area (Å²) in [6.45, 7) is 0. The second-order valence-corrected chi connectivity index (χ2v) is 5.48. The molecule has 2 aromatic rings. The first-order valence-electron chi connectivity index (χ1n) is 7.18. The van der Waals surface area contributed by atoms with Gasteiger partial charge in [-0.15, -0.1) is 5.10 Å². The van der Waals surface area contributed by atoms with Gasteiger partial charge in [0.05, 0.1) is 30.8 Å². The SMILES string of the molecule is COC(=O)c1c(-c2ccc(NC(=O)C3(C#N)CC3)cn2)nnn1C. The fourth-order valence-corrected chi connectivity index (χ4v) is 2.23. The Kier molecular flexibility index (Phi) is 3.73. The summed E-state index contributed by atoms with van der Waals surface area (Å²) in [5.41, 5.74) is 0.458. The molecule has 3 rings (SSSR count). The minimum Gasteiger partial charge on any atom is -0.464 e. The molecule has 1 aliphatic rings. The molecule has 0 saturated heterocycles. The van der Waals surface area contributed by atoms with Gasteiger partial charge in [-0.1, -0.05) is 5.21 Å². The first-order valence-corrected chi connectivity index (χ1v) is 7.18. The summed E-state index contributed by atoms with van der Waals surface area (Å²) in [6.07, 6.45) is 2.59. The largest absolute Gasteiger partial charge is 0.464 e. The van der Waals surface area contributed by atoms with Crippen LogP contribution in [0.2, 0.25) is 0 Å². The van der Waals surface area contributed by atoms with Crippen LogP contribution in [0.25, 0.3) is 11.4 Å². The first kappa shape index (κ1) is 15.6. The number of rotatable bonds is 4. The van der Waals surface area contributed by atoms with Gasteiger partial charge in [0.15, 0.2) is 5.69 Å². The molecule has 122 valence electrons. The quantitative estimate of drug-likeness (QED) is 0.828. The van der Waals surface area contributed by atoms with Gasteiger partial charge in [-0.2, -0.15) is 5.26 Å². The zero-order valence-electron chi connectivity index (χ0n) is 13.1. The highest BCUT2D eigenvalue weighted by molar-refractivity contribution is 5.99. The third kappa shape index (κ3) is 2.58. The van der Waals surface area contributed by atoms with Crippen molar-refractivity contribution in [2.45, 2.75) is 12.8 Å². The van der Waals surface area contributed by atoms with E-state index in [-0.39, 0.29) is 17.3 Å². The monoisotopic (exact) mass is 326 g/mol. The molecule has 0 aromatic carbocycles. The Morgan fingerprint density at radius 3 is 2.71 bits per heavy atom. The average molecular weight is 326 g/mol. The minimum absolute atomic E-state index is 0.184. The van der Waals surface area contributed by atoms with Crippen LogP contribution in [-0.2, 0) is 16.6 Å². The minimum atomic E-state index is -0.901. The lowest BCUT2D eigenvalue weighted by Crippen LogP contribution is -2.22. The maximum absolute atomic E-state index is 12.0. The number of nitrogens with zero attached hydrogens (tertiary/aromatic N) is 5. The Balaban J connectivity index is 1.82. The zero-order valence-corrected chi connectivity index (χ0v) is 13.1. The Labute approximate surface area is 137 Å². The van der Waals surface area contributed by atoms with Gasteiger partial charge in [-0.05, 0) is 25.0 Å². The van der Waals surface area contributed by atoms with Crippen LogP contribution in [0.4, 0.5) is 5.69 Å². The smallest absolute Gasteiger partial charge is 0.358 e. The third-order valence-corrected chi connectivity index (χ3v) is 3.87. The molecule has 24 heavy (non-hydrogen) atoms. The number of carbonyl (C=O) groups is 2. The number of amides is 1. The molecular weight excluding hydrogens is 312 g/mol. The Bertz CT molecular complexity index is 845. The van der Waals surface area contributed by atoms with E-state index in [1.54, 1.807) is 19.2 Å². The van der Waals surface area contributed by atoms with E-state index in [4.69, 9.17) is 10.00 Å². The Hall–Kier alpha value is -3.28. The molecule has 0 bridgehead atoms. The molecule has 0 unspecified atom stereocenters. The maximum atomic E-state index is 12.0. The maximum Gasteiger partial charge on any atom is 0.358 e. The van der Waals surface area contributed by atoms with Gasteiger partial charge < -0.3 is 10.1 Å². The summed E-state index contributed by atoms with van der Waals surface area (Å²) >= 11 is 0. The molecule has 1 N–H and O–H groups in total. The molecule has 1 aliphatic carbocycles. The van der Waals surface area contributed by atoms with Crippen molar-refractivity contribution in [3.8, 4) is 17.5 Å². The highest BCUT2D eigenvalue weighted by atomic mass is 16.5. The van der Waals surface area contributed by atoms with Crippen molar-refractivity contribution in [2.75, 3.05) is 12.4 Å². The van der Waals surface area contributed by atoms with E-state index < -0.39 is 11.4 Å². The normalized spacial score (nSPS) is 14.5. The summed E-state index contributed by atoms with van der Waals surface area (Å²) in [5, 5.41) is 19.4. The van der Waals surface area contributed by atoms with E-state index in [1.165, 1.54) is 18.0 Å². The summed E-state index contributed by atoms with van der Waals surface area (Å²) in [7, 11) is 2.85. The van der Waals surface area contributed by atoms with Crippen molar-refractivity contribution in [1.82, 2.24) is 20.0 Å². The number of esters is 1. The van der Waals surface area contributed by atoms with Crippen molar-refractivity contribution < 1.29 is 14.3 Å². The molecule has 1 saturated carbocycles. The van der Waals surface area contributed by atoms with Crippen LogP contribution in [0.5, 0.6) is 0 Å². The lowest BCUT2D eigenvalue weighted by atomic mass is 10.1. The van der Waals surface area contributed by atoms with E-state index in [1.807, 2.05) is 6.07 Å². The number of anilines is 1. The van der Waals surface area contributed by atoms with Gasteiger partial charge in [-0.25, -0.2) is 9.48 Å². The Morgan fingerprint density at radius 2 is 2.17 bits per heavy atom. The highest BCUT2D eigenvalue weighted by Crippen LogP contribution is 2.45. The van der Waals surface area contributed by atoms with Gasteiger partial charge in [0.25, 0.3) is 0 Å². The molecule has 9 nitrogen and oxygen atoms in total. The van der Waals surface area contributed by atoms with Gasteiger partial charge in [-0.3, -0.25) is 9.78 Å². The summed E-state index contributed by atoms with van der Waals surface area (Å²) in [4.78, 5) is 28.0. The fourth-order valence-electron chi connectivity index (χ4n) is 2.23. The number of nitrogens with one attached hydrogen (secondary N) is 1. The van der Waals surface area contributed by atoms with Crippen LogP contribution in [0.1, 0.15) is 23.3 Å².